The van der Waals surface area contributed by atoms with Crippen molar-refractivity contribution < 1.29 is 14.0 Å². The van der Waals surface area contributed by atoms with Gasteiger partial charge in [-0.2, -0.15) is 0 Å². The Labute approximate surface area is 136 Å². The zero-order valence-electron chi connectivity index (χ0n) is 13.8. The summed E-state index contributed by atoms with van der Waals surface area (Å²) in [5.74, 6) is 0.559. The molecule has 0 spiro atoms. The van der Waals surface area contributed by atoms with E-state index in [1.54, 1.807) is 6.26 Å². The van der Waals surface area contributed by atoms with Crippen LogP contribution in [0.3, 0.4) is 0 Å². The molecule has 2 fully saturated rings. The first-order chi connectivity index (χ1) is 11.0. The van der Waals surface area contributed by atoms with Gasteiger partial charge in [-0.25, -0.2) is 0 Å². The maximum absolute atomic E-state index is 12.7. The third-order valence-corrected chi connectivity index (χ3v) is 4.94. The molecular formula is C17H25N3O3. The highest BCUT2D eigenvalue weighted by molar-refractivity contribution is 6.06. The normalized spacial score (nSPS) is 20.7. The highest BCUT2D eigenvalue weighted by Gasteiger charge is 2.51. The van der Waals surface area contributed by atoms with Crippen LogP contribution in [0.15, 0.2) is 22.8 Å². The molecule has 2 aliphatic carbocycles. The molecule has 1 aromatic rings. The summed E-state index contributed by atoms with van der Waals surface area (Å²) >= 11 is 0. The number of furan rings is 1. The predicted molar refractivity (Wildman–Crippen MR) is 85.6 cm³/mol. The highest BCUT2D eigenvalue weighted by atomic mass is 16.3. The van der Waals surface area contributed by atoms with Crippen LogP contribution in [0, 0.1) is 5.41 Å². The summed E-state index contributed by atoms with van der Waals surface area (Å²) in [4.78, 5) is 27.1. The monoisotopic (exact) mass is 319 g/mol. The molecule has 2 saturated carbocycles. The molecule has 0 aromatic carbocycles. The van der Waals surface area contributed by atoms with E-state index in [0.717, 1.165) is 25.0 Å². The predicted octanol–water partition coefficient (Wildman–Crippen LogP) is 1.45. The second kappa shape index (κ2) is 6.35. The molecule has 0 saturated heterocycles. The van der Waals surface area contributed by atoms with Gasteiger partial charge in [-0.1, -0.05) is 6.42 Å². The lowest BCUT2D eigenvalue weighted by Gasteiger charge is -2.39. The van der Waals surface area contributed by atoms with E-state index in [1.165, 1.54) is 0 Å². The molecule has 0 bridgehead atoms. The van der Waals surface area contributed by atoms with Crippen molar-refractivity contribution >= 4 is 11.8 Å². The van der Waals surface area contributed by atoms with E-state index < -0.39 is 5.41 Å². The SMILES string of the molecule is CN(C)[C@@H](CNC(=O)C1(C(=O)NC2CC2)CCC1)c1ccco1. The van der Waals surface area contributed by atoms with Crippen LogP contribution >= 0.6 is 0 Å². The van der Waals surface area contributed by atoms with Crippen LogP contribution in [0.2, 0.25) is 0 Å². The molecular weight excluding hydrogens is 294 g/mol. The molecule has 1 atom stereocenters. The number of nitrogens with zero attached hydrogens (tertiary/aromatic N) is 1. The summed E-state index contributed by atoms with van der Waals surface area (Å²) in [6.45, 7) is 0.428. The summed E-state index contributed by atoms with van der Waals surface area (Å²) in [6.07, 6.45) is 5.91. The Morgan fingerprint density at radius 3 is 2.57 bits per heavy atom. The van der Waals surface area contributed by atoms with Crippen molar-refractivity contribution in [1.82, 2.24) is 15.5 Å². The maximum atomic E-state index is 12.7. The molecule has 1 heterocycles. The summed E-state index contributed by atoms with van der Waals surface area (Å²) in [6, 6.07) is 3.97. The van der Waals surface area contributed by atoms with E-state index in [4.69, 9.17) is 4.42 Å². The smallest absolute Gasteiger partial charge is 0.235 e. The largest absolute Gasteiger partial charge is 0.468 e. The fraction of sp³-hybridized carbons (Fsp3) is 0.647. The Kier molecular flexibility index (Phi) is 4.43. The molecule has 2 N–H and O–H groups in total. The molecule has 0 unspecified atom stereocenters. The number of amides is 2. The van der Waals surface area contributed by atoms with Gasteiger partial charge in [0.25, 0.3) is 0 Å². The van der Waals surface area contributed by atoms with Crippen molar-refractivity contribution in [3.8, 4) is 0 Å². The number of likely N-dealkylation sites (N-methyl/N-ethyl adjacent to an activating group) is 1. The molecule has 1 aromatic heterocycles. The summed E-state index contributed by atoms with van der Waals surface area (Å²) < 4.78 is 5.45. The van der Waals surface area contributed by atoms with Crippen molar-refractivity contribution in [2.45, 2.75) is 44.2 Å². The van der Waals surface area contributed by atoms with Crippen LogP contribution in [0.1, 0.15) is 43.9 Å². The Hall–Kier alpha value is -1.82. The van der Waals surface area contributed by atoms with Crippen molar-refractivity contribution in [2.24, 2.45) is 5.41 Å². The van der Waals surface area contributed by atoms with E-state index >= 15 is 0 Å². The first-order valence-electron chi connectivity index (χ1n) is 8.32. The lowest BCUT2D eigenvalue weighted by atomic mass is 9.67. The average molecular weight is 319 g/mol. The highest BCUT2D eigenvalue weighted by Crippen LogP contribution is 2.42. The number of carbonyl (C=O) groups is 2. The number of hydrogen-bond acceptors (Lipinski definition) is 4. The summed E-state index contributed by atoms with van der Waals surface area (Å²) in [5, 5.41) is 5.96. The minimum atomic E-state index is -0.859. The maximum Gasteiger partial charge on any atom is 0.235 e. The fourth-order valence-electron chi connectivity index (χ4n) is 3.02. The van der Waals surface area contributed by atoms with Crippen LogP contribution in [-0.4, -0.2) is 43.4 Å². The third-order valence-electron chi connectivity index (χ3n) is 4.94. The van der Waals surface area contributed by atoms with E-state index in [9.17, 15) is 9.59 Å². The molecule has 2 aliphatic rings. The topological polar surface area (TPSA) is 74.6 Å². The number of rotatable bonds is 7. The van der Waals surface area contributed by atoms with Gasteiger partial charge >= 0.3 is 0 Å². The number of nitrogens with one attached hydrogen (secondary N) is 2. The molecule has 126 valence electrons. The molecule has 0 radical (unpaired) electrons. The lowest BCUT2D eigenvalue weighted by molar-refractivity contribution is -0.149. The average Bonchev–Trinajstić information content (AvgIpc) is 3.09. The van der Waals surface area contributed by atoms with Crippen LogP contribution < -0.4 is 10.6 Å². The zero-order valence-corrected chi connectivity index (χ0v) is 13.8. The first-order valence-corrected chi connectivity index (χ1v) is 8.32. The number of hydrogen-bond donors (Lipinski definition) is 2. The van der Waals surface area contributed by atoms with Gasteiger partial charge in [0.05, 0.1) is 12.3 Å². The zero-order chi connectivity index (χ0) is 16.4. The van der Waals surface area contributed by atoms with Crippen LogP contribution in [-0.2, 0) is 9.59 Å². The van der Waals surface area contributed by atoms with Crippen LogP contribution in [0.4, 0.5) is 0 Å². The summed E-state index contributed by atoms with van der Waals surface area (Å²) in [7, 11) is 3.89. The van der Waals surface area contributed by atoms with Gasteiger partial charge in [0.2, 0.25) is 11.8 Å². The van der Waals surface area contributed by atoms with Crippen molar-refractivity contribution in [3.63, 3.8) is 0 Å². The van der Waals surface area contributed by atoms with Crippen LogP contribution in [0.5, 0.6) is 0 Å². The lowest BCUT2D eigenvalue weighted by Crippen LogP contribution is -2.56. The molecule has 6 nitrogen and oxygen atoms in total. The number of carbonyl (C=O) groups excluding carboxylic acids is 2. The Morgan fingerprint density at radius 2 is 2.09 bits per heavy atom. The molecule has 6 heteroatoms. The Morgan fingerprint density at radius 1 is 1.35 bits per heavy atom. The van der Waals surface area contributed by atoms with Gasteiger partial charge in [-0.05, 0) is 51.9 Å². The molecule has 2 amide bonds. The van der Waals surface area contributed by atoms with Gasteiger partial charge in [-0.15, -0.1) is 0 Å². The Bertz CT molecular complexity index is 560. The third kappa shape index (κ3) is 3.27. The molecule has 23 heavy (non-hydrogen) atoms. The molecule has 0 aliphatic heterocycles. The summed E-state index contributed by atoms with van der Waals surface area (Å²) in [5.41, 5.74) is -0.859. The quantitative estimate of drug-likeness (QED) is 0.746. The van der Waals surface area contributed by atoms with Crippen molar-refractivity contribution in [2.75, 3.05) is 20.6 Å². The van der Waals surface area contributed by atoms with Crippen molar-refractivity contribution in [1.29, 1.82) is 0 Å². The van der Waals surface area contributed by atoms with Crippen LogP contribution in [0.25, 0.3) is 0 Å². The van der Waals surface area contributed by atoms with E-state index in [2.05, 4.69) is 10.6 Å². The van der Waals surface area contributed by atoms with Gasteiger partial charge < -0.3 is 15.1 Å². The van der Waals surface area contributed by atoms with Gasteiger partial charge in [0.1, 0.15) is 11.2 Å². The second-order valence-electron chi connectivity index (χ2n) is 6.89. The standard InChI is InChI=1S/C17H25N3O3/c1-20(2)13(14-5-3-10-23-14)11-18-15(21)17(8-4-9-17)16(22)19-12-6-7-12/h3,5,10,12-13H,4,6-9,11H2,1-2H3,(H,18,21)(H,19,22)/t13-/m0/s1. The minimum absolute atomic E-state index is 0.0439. The van der Waals surface area contributed by atoms with E-state index in [-0.39, 0.29) is 23.9 Å². The van der Waals surface area contributed by atoms with Gasteiger partial charge in [0, 0.05) is 12.6 Å². The fourth-order valence-corrected chi connectivity index (χ4v) is 3.02. The second-order valence-corrected chi connectivity index (χ2v) is 6.89. The minimum Gasteiger partial charge on any atom is -0.468 e. The first kappa shape index (κ1) is 16.1. The van der Waals surface area contributed by atoms with E-state index in [1.807, 2.05) is 31.1 Å². The van der Waals surface area contributed by atoms with Crippen molar-refractivity contribution in [3.05, 3.63) is 24.2 Å². The molecule has 3 rings (SSSR count). The Balaban J connectivity index is 1.61. The van der Waals surface area contributed by atoms with E-state index in [0.29, 0.717) is 19.4 Å². The van der Waals surface area contributed by atoms with Gasteiger partial charge in [0.15, 0.2) is 0 Å². The van der Waals surface area contributed by atoms with Gasteiger partial charge in [-0.3, -0.25) is 14.5 Å².